The van der Waals surface area contributed by atoms with Gasteiger partial charge in [-0.2, -0.15) is 23.3 Å². The van der Waals surface area contributed by atoms with Crippen molar-refractivity contribution >= 4 is 0 Å². The second kappa shape index (κ2) is 7.38. The maximum Gasteiger partial charge on any atom is 0.416 e. The number of aromatic nitrogens is 5. The molecule has 0 bridgehead atoms. The highest BCUT2D eigenvalue weighted by Crippen LogP contribution is 2.31. The highest BCUT2D eigenvalue weighted by Gasteiger charge is 2.30. The fourth-order valence-corrected chi connectivity index (χ4v) is 2.65. The minimum absolute atomic E-state index is 0.0635. The Morgan fingerprint density at radius 3 is 2.59 bits per heavy atom. The third kappa shape index (κ3) is 3.96. The number of benzene rings is 1. The van der Waals surface area contributed by atoms with Crippen LogP contribution >= 0.6 is 0 Å². The lowest BCUT2D eigenvalue weighted by Gasteiger charge is -2.10. The predicted octanol–water partition coefficient (Wildman–Crippen LogP) is 4.13. The minimum atomic E-state index is -4.39. The van der Waals surface area contributed by atoms with E-state index in [4.69, 9.17) is 9.26 Å². The van der Waals surface area contributed by atoms with Crippen LogP contribution in [0.15, 0.2) is 59.5 Å². The van der Waals surface area contributed by atoms with E-state index in [2.05, 4.69) is 20.2 Å². The number of hydrogen-bond acceptors (Lipinski definition) is 6. The number of rotatable bonds is 5. The Bertz CT molecular complexity index is 1110. The van der Waals surface area contributed by atoms with Gasteiger partial charge in [-0.15, -0.1) is 0 Å². The topological polar surface area (TPSA) is 78.9 Å². The summed E-state index contributed by atoms with van der Waals surface area (Å²) in [4.78, 5) is 8.38. The van der Waals surface area contributed by atoms with Crippen LogP contribution in [0.25, 0.3) is 22.8 Å². The molecule has 10 heteroatoms. The van der Waals surface area contributed by atoms with Crippen LogP contribution < -0.4 is 4.74 Å². The first-order valence-electron chi connectivity index (χ1n) is 8.47. The second-order valence-corrected chi connectivity index (χ2v) is 6.10. The summed E-state index contributed by atoms with van der Waals surface area (Å²) in [6.45, 7) is 0.0635. The molecule has 0 atom stereocenters. The van der Waals surface area contributed by atoms with Crippen LogP contribution in [0.2, 0.25) is 0 Å². The Balaban J connectivity index is 1.53. The van der Waals surface area contributed by atoms with Crippen molar-refractivity contribution in [3.63, 3.8) is 0 Å². The van der Waals surface area contributed by atoms with E-state index in [1.807, 2.05) is 0 Å². The standard InChI is InChI=1S/C19H14F3N5O2/c1-27-16(11-28-14-6-4-13(5-7-14)19(20,21)22)15(10-24-27)17-25-18(29-26-17)12-3-2-8-23-9-12/h2-10H,11H2,1H3. The quantitative estimate of drug-likeness (QED) is 0.500. The Kier molecular flexibility index (Phi) is 4.75. The van der Waals surface area contributed by atoms with Crippen molar-refractivity contribution in [2.75, 3.05) is 0 Å². The molecule has 3 heterocycles. The summed E-state index contributed by atoms with van der Waals surface area (Å²) >= 11 is 0. The lowest BCUT2D eigenvalue weighted by atomic mass is 10.2. The van der Waals surface area contributed by atoms with Crippen LogP contribution in [0.1, 0.15) is 11.3 Å². The van der Waals surface area contributed by atoms with Gasteiger partial charge < -0.3 is 9.26 Å². The van der Waals surface area contributed by atoms with Gasteiger partial charge in [-0.1, -0.05) is 5.16 Å². The van der Waals surface area contributed by atoms with Gasteiger partial charge in [-0.05, 0) is 36.4 Å². The zero-order valence-electron chi connectivity index (χ0n) is 15.1. The molecule has 0 fully saturated rings. The lowest BCUT2D eigenvalue weighted by molar-refractivity contribution is -0.137. The molecule has 148 valence electrons. The molecule has 0 radical (unpaired) electrons. The van der Waals surface area contributed by atoms with Gasteiger partial charge in [0, 0.05) is 19.4 Å². The molecule has 4 rings (SSSR count). The van der Waals surface area contributed by atoms with E-state index in [0.29, 0.717) is 34.3 Å². The zero-order chi connectivity index (χ0) is 20.4. The van der Waals surface area contributed by atoms with Crippen molar-refractivity contribution in [2.24, 2.45) is 7.05 Å². The lowest BCUT2D eigenvalue weighted by Crippen LogP contribution is -2.06. The van der Waals surface area contributed by atoms with Crippen LogP contribution in [-0.2, 0) is 19.8 Å². The van der Waals surface area contributed by atoms with E-state index in [1.165, 1.54) is 12.1 Å². The van der Waals surface area contributed by atoms with Gasteiger partial charge in [0.1, 0.15) is 12.4 Å². The smallest absolute Gasteiger partial charge is 0.416 e. The van der Waals surface area contributed by atoms with Crippen LogP contribution in [0.5, 0.6) is 5.75 Å². The van der Waals surface area contributed by atoms with Gasteiger partial charge in [-0.25, -0.2) is 0 Å². The first-order chi connectivity index (χ1) is 13.9. The summed E-state index contributed by atoms with van der Waals surface area (Å²) in [7, 11) is 1.72. The normalized spacial score (nSPS) is 11.6. The molecule has 0 saturated heterocycles. The largest absolute Gasteiger partial charge is 0.487 e. The summed E-state index contributed by atoms with van der Waals surface area (Å²) in [5.74, 6) is 0.934. The van der Waals surface area contributed by atoms with Gasteiger partial charge in [-0.3, -0.25) is 9.67 Å². The maximum absolute atomic E-state index is 12.7. The van der Waals surface area contributed by atoms with Gasteiger partial charge in [0.25, 0.3) is 5.89 Å². The number of hydrogen-bond donors (Lipinski definition) is 0. The summed E-state index contributed by atoms with van der Waals surface area (Å²) in [5, 5.41) is 8.17. The van der Waals surface area contributed by atoms with Crippen LogP contribution in [0.4, 0.5) is 13.2 Å². The predicted molar refractivity (Wildman–Crippen MR) is 95.5 cm³/mol. The van der Waals surface area contributed by atoms with Crippen molar-refractivity contribution < 1.29 is 22.4 Å². The summed E-state index contributed by atoms with van der Waals surface area (Å²) < 4.78 is 50.5. The maximum atomic E-state index is 12.7. The second-order valence-electron chi connectivity index (χ2n) is 6.10. The van der Waals surface area contributed by atoms with E-state index in [9.17, 15) is 13.2 Å². The van der Waals surface area contributed by atoms with Crippen molar-refractivity contribution in [3.05, 3.63) is 66.2 Å². The van der Waals surface area contributed by atoms with Gasteiger partial charge in [0.15, 0.2) is 0 Å². The number of halogens is 3. The molecule has 0 aliphatic carbocycles. The zero-order valence-corrected chi connectivity index (χ0v) is 15.1. The molecular weight excluding hydrogens is 387 g/mol. The van der Waals surface area contributed by atoms with Crippen molar-refractivity contribution in [1.82, 2.24) is 24.9 Å². The van der Waals surface area contributed by atoms with Crippen LogP contribution in [-0.4, -0.2) is 24.9 Å². The molecule has 0 saturated carbocycles. The van der Waals surface area contributed by atoms with Gasteiger partial charge in [0.05, 0.1) is 28.6 Å². The Morgan fingerprint density at radius 1 is 1.10 bits per heavy atom. The molecule has 0 aliphatic rings. The molecule has 0 N–H and O–H groups in total. The van der Waals surface area contributed by atoms with Gasteiger partial charge in [0.2, 0.25) is 5.82 Å². The Labute approximate surface area is 162 Å². The SMILES string of the molecule is Cn1ncc(-c2noc(-c3cccnc3)n2)c1COc1ccc(C(F)(F)F)cc1. The van der Waals surface area contributed by atoms with Crippen molar-refractivity contribution in [3.8, 4) is 28.6 Å². The van der Waals surface area contributed by atoms with Gasteiger partial charge >= 0.3 is 6.18 Å². The fourth-order valence-electron chi connectivity index (χ4n) is 2.65. The third-order valence-electron chi connectivity index (χ3n) is 4.19. The average molecular weight is 401 g/mol. The first-order valence-corrected chi connectivity index (χ1v) is 8.47. The number of aryl methyl sites for hydroxylation is 1. The monoisotopic (exact) mass is 401 g/mol. The minimum Gasteiger partial charge on any atom is -0.487 e. The molecular formula is C19H14F3N5O2. The van der Waals surface area contributed by atoms with E-state index in [0.717, 1.165) is 12.1 Å². The molecule has 3 aromatic heterocycles. The molecule has 0 unspecified atom stereocenters. The average Bonchev–Trinajstić information content (AvgIpc) is 3.33. The highest BCUT2D eigenvalue weighted by atomic mass is 19.4. The number of pyridine rings is 1. The van der Waals surface area contributed by atoms with Crippen molar-refractivity contribution in [1.29, 1.82) is 0 Å². The Hall–Kier alpha value is -3.69. The number of alkyl halides is 3. The van der Waals surface area contributed by atoms with Crippen molar-refractivity contribution in [2.45, 2.75) is 12.8 Å². The van der Waals surface area contributed by atoms with E-state index in [-0.39, 0.29) is 6.61 Å². The van der Waals surface area contributed by atoms with Crippen LogP contribution in [0, 0.1) is 0 Å². The molecule has 0 spiro atoms. The molecule has 0 aliphatic heterocycles. The molecule has 0 amide bonds. The highest BCUT2D eigenvalue weighted by molar-refractivity contribution is 5.60. The van der Waals surface area contributed by atoms with E-state index in [1.54, 1.807) is 42.5 Å². The fraction of sp³-hybridized carbons (Fsp3) is 0.158. The Morgan fingerprint density at radius 2 is 1.90 bits per heavy atom. The van der Waals surface area contributed by atoms with E-state index >= 15 is 0 Å². The molecule has 1 aromatic carbocycles. The third-order valence-corrected chi connectivity index (χ3v) is 4.19. The molecule has 4 aromatic rings. The first kappa shape index (κ1) is 18.7. The number of ether oxygens (including phenoxy) is 1. The summed E-state index contributed by atoms with van der Waals surface area (Å²) in [5.41, 5.74) is 1.18. The summed E-state index contributed by atoms with van der Waals surface area (Å²) in [6, 6.07) is 8.04. The van der Waals surface area contributed by atoms with Crippen LogP contribution in [0.3, 0.4) is 0 Å². The number of nitrogens with zero attached hydrogens (tertiary/aromatic N) is 5. The summed E-state index contributed by atoms with van der Waals surface area (Å²) in [6.07, 6.45) is 0.426. The van der Waals surface area contributed by atoms with E-state index < -0.39 is 11.7 Å². The molecule has 7 nitrogen and oxygen atoms in total. The molecule has 29 heavy (non-hydrogen) atoms.